The molecule has 0 radical (unpaired) electrons. The molecule has 1 atom stereocenters. The fraction of sp³-hybridized carbons (Fsp3) is 0.959. The molecule has 0 aromatic rings. The molecule has 0 aromatic carbocycles. The van der Waals surface area contributed by atoms with E-state index in [4.69, 9.17) is 0 Å². The molecule has 0 unspecified atom stereocenters. The molecule has 0 saturated heterocycles. The van der Waals surface area contributed by atoms with Crippen molar-refractivity contribution in [2.24, 2.45) is 33.0 Å². The first-order valence-corrected chi connectivity index (χ1v) is 27.5. The maximum Gasteiger partial charge on any atom is 0.155 e. The highest BCUT2D eigenvalue weighted by molar-refractivity contribution is 7.93. The smallest absolute Gasteiger partial charge is 0.155 e. The maximum atomic E-state index is 12.3. The second-order valence-electron chi connectivity index (χ2n) is 25.7. The van der Waals surface area contributed by atoms with Crippen LogP contribution in [0, 0.1) is 33.0 Å². The summed E-state index contributed by atoms with van der Waals surface area (Å²) in [5, 5.41) is 0. The predicted molar refractivity (Wildman–Crippen MR) is 260 cm³/mol. The standard InChI is InChI=1S/C17H34O2S.2C16H34O2S/c1-15(2,3)12-10-9-11-13-17(7,8)14-20(18,19)16(4,5)6;1-14(2,3)11-9-10-12-16(7,8)13-19(17,18)15(4,5)6;1-14(13-19(17,18)16(5,6)7)11-9-8-10-12-15(2,3)4/h10,12H,9,11,13-14H2,1-8H3;9-13H2,1-8H3;14H,8-13H2,1-7H3/b12-10+;;/t;;14-/m..0/s1. The molecule has 0 fully saturated rings. The van der Waals surface area contributed by atoms with Gasteiger partial charge in [-0.05, 0) is 140 Å². The van der Waals surface area contributed by atoms with Gasteiger partial charge in [0.1, 0.15) is 0 Å². The van der Waals surface area contributed by atoms with Gasteiger partial charge in [-0.1, -0.05) is 141 Å². The third kappa shape index (κ3) is 32.3. The number of sulfone groups is 3. The van der Waals surface area contributed by atoms with Gasteiger partial charge < -0.3 is 0 Å². The highest BCUT2D eigenvalue weighted by Gasteiger charge is 2.36. The van der Waals surface area contributed by atoms with Crippen molar-refractivity contribution < 1.29 is 25.3 Å². The Bertz CT molecular complexity index is 1490. The van der Waals surface area contributed by atoms with E-state index in [1.54, 1.807) is 62.3 Å². The van der Waals surface area contributed by atoms with Crippen LogP contribution in [0.3, 0.4) is 0 Å². The quantitative estimate of drug-likeness (QED) is 0.0946. The molecule has 6 nitrogen and oxygen atoms in total. The van der Waals surface area contributed by atoms with E-state index in [9.17, 15) is 25.3 Å². The zero-order valence-corrected chi connectivity index (χ0v) is 45.5. The average molecular weight is 884 g/mol. The van der Waals surface area contributed by atoms with Crippen molar-refractivity contribution in [1.29, 1.82) is 0 Å². The molecule has 0 rings (SSSR count). The SMILES string of the molecule is CC(C)(C)/C=C/CCCC(C)(C)CS(=O)(=O)C(C)(C)C.CC(C)(C)CCCCC(C)(C)CS(=O)(=O)C(C)(C)C.C[C@@H](CCCCCC(C)(C)C)CS(=O)(=O)C(C)(C)C. The van der Waals surface area contributed by atoms with Gasteiger partial charge in [-0.2, -0.15) is 0 Å². The summed E-state index contributed by atoms with van der Waals surface area (Å²) >= 11 is 0. The van der Waals surface area contributed by atoms with Crippen molar-refractivity contribution in [1.82, 2.24) is 0 Å². The summed E-state index contributed by atoms with van der Waals surface area (Å²) in [6, 6.07) is 0. The summed E-state index contributed by atoms with van der Waals surface area (Å²) in [4.78, 5) is 0. The molecule has 0 heterocycles. The van der Waals surface area contributed by atoms with Crippen molar-refractivity contribution >= 4 is 29.5 Å². The van der Waals surface area contributed by atoms with Crippen LogP contribution < -0.4 is 0 Å². The second-order valence-corrected chi connectivity index (χ2v) is 33.9. The zero-order valence-electron chi connectivity index (χ0n) is 43.0. The number of hydrogen-bond acceptors (Lipinski definition) is 6. The Morgan fingerprint density at radius 3 is 1.07 bits per heavy atom. The van der Waals surface area contributed by atoms with Crippen LogP contribution in [-0.2, 0) is 29.5 Å². The number of hydrogen-bond donors (Lipinski definition) is 0. The van der Waals surface area contributed by atoms with Crippen molar-refractivity contribution in [2.75, 3.05) is 17.3 Å². The highest BCUT2D eigenvalue weighted by Crippen LogP contribution is 2.33. The summed E-state index contributed by atoms with van der Waals surface area (Å²) in [5.74, 6) is 1.17. The van der Waals surface area contributed by atoms with Crippen molar-refractivity contribution in [2.45, 2.75) is 251 Å². The van der Waals surface area contributed by atoms with Gasteiger partial charge in [-0.25, -0.2) is 25.3 Å². The fourth-order valence-corrected chi connectivity index (χ4v) is 10.7. The van der Waals surface area contributed by atoms with Gasteiger partial charge in [0, 0.05) is 0 Å². The molecule has 0 amide bonds. The Morgan fingerprint density at radius 1 is 0.414 bits per heavy atom. The van der Waals surface area contributed by atoms with Gasteiger partial charge >= 0.3 is 0 Å². The van der Waals surface area contributed by atoms with Crippen LogP contribution in [0.5, 0.6) is 0 Å². The number of unbranched alkanes of at least 4 members (excludes halogenated alkanes) is 4. The normalized spacial score (nSPS) is 15.1. The van der Waals surface area contributed by atoms with Crippen LogP contribution in [0.15, 0.2) is 12.2 Å². The lowest BCUT2D eigenvalue weighted by Gasteiger charge is -2.29. The number of rotatable bonds is 19. The molecule has 0 bridgehead atoms. The first kappa shape index (κ1) is 61.9. The maximum absolute atomic E-state index is 12.3. The van der Waals surface area contributed by atoms with Crippen LogP contribution >= 0.6 is 0 Å². The topological polar surface area (TPSA) is 102 Å². The Labute approximate surface area is 365 Å². The Balaban J connectivity index is -0.000000783. The Hall–Kier alpha value is -0.410. The third-order valence-corrected chi connectivity index (χ3v) is 19.4. The molecular formula is C49H102O6S3. The molecule has 0 aliphatic rings. The fourth-order valence-electron chi connectivity index (χ4n) is 6.03. The largest absolute Gasteiger partial charge is 0.228 e. The van der Waals surface area contributed by atoms with Gasteiger partial charge in [-0.3, -0.25) is 0 Å². The Morgan fingerprint density at radius 2 is 0.741 bits per heavy atom. The highest BCUT2D eigenvalue weighted by atomic mass is 32.2. The lowest BCUT2D eigenvalue weighted by Crippen LogP contribution is -2.36. The van der Waals surface area contributed by atoms with Crippen molar-refractivity contribution in [3.63, 3.8) is 0 Å². The van der Waals surface area contributed by atoms with E-state index >= 15 is 0 Å². The molecule has 0 aliphatic heterocycles. The molecule has 0 N–H and O–H groups in total. The van der Waals surface area contributed by atoms with Crippen LogP contribution in [0.2, 0.25) is 0 Å². The molecule has 0 aromatic heterocycles. The van der Waals surface area contributed by atoms with Crippen LogP contribution in [0.1, 0.15) is 236 Å². The Kier molecular flexibility index (Phi) is 25.5. The van der Waals surface area contributed by atoms with Gasteiger partial charge in [0.05, 0.1) is 31.5 Å². The lowest BCUT2D eigenvalue weighted by atomic mass is 9.85. The monoisotopic (exact) mass is 883 g/mol. The van der Waals surface area contributed by atoms with E-state index < -0.39 is 43.8 Å². The number of allylic oxidation sites excluding steroid dienone is 2. The van der Waals surface area contributed by atoms with Gasteiger partial charge in [-0.15, -0.1) is 0 Å². The first-order valence-electron chi connectivity index (χ1n) is 22.5. The summed E-state index contributed by atoms with van der Waals surface area (Å²) in [5.41, 5.74) is 0.750. The van der Waals surface area contributed by atoms with Crippen LogP contribution in [-0.4, -0.2) is 56.8 Å². The summed E-state index contributed by atoms with van der Waals surface area (Å²) < 4.78 is 71.3. The van der Waals surface area contributed by atoms with E-state index in [-0.39, 0.29) is 27.9 Å². The van der Waals surface area contributed by atoms with E-state index in [0.29, 0.717) is 22.3 Å². The van der Waals surface area contributed by atoms with E-state index in [1.165, 1.54) is 32.1 Å². The third-order valence-electron chi connectivity index (χ3n) is 10.5. The molecule has 352 valence electrons. The van der Waals surface area contributed by atoms with Crippen molar-refractivity contribution in [3.8, 4) is 0 Å². The van der Waals surface area contributed by atoms with E-state index in [2.05, 4.69) is 109 Å². The minimum absolute atomic E-state index is 0.121. The second kappa shape index (κ2) is 23.9. The summed E-state index contributed by atoms with van der Waals surface area (Å²) in [6.07, 6.45) is 17.8. The van der Waals surface area contributed by atoms with Gasteiger partial charge in [0.2, 0.25) is 0 Å². The van der Waals surface area contributed by atoms with Crippen LogP contribution in [0.25, 0.3) is 0 Å². The minimum Gasteiger partial charge on any atom is -0.228 e. The van der Waals surface area contributed by atoms with E-state index in [0.717, 1.165) is 44.9 Å². The molecule has 0 spiro atoms. The summed E-state index contributed by atoms with van der Waals surface area (Å²) in [6.45, 7) is 46.5. The lowest BCUT2D eigenvalue weighted by molar-refractivity contribution is 0.318. The van der Waals surface area contributed by atoms with Gasteiger partial charge in [0.25, 0.3) is 0 Å². The zero-order chi connectivity index (χ0) is 47.1. The first-order chi connectivity index (χ1) is 25.2. The average Bonchev–Trinajstić information content (AvgIpc) is 2.91. The summed E-state index contributed by atoms with van der Waals surface area (Å²) in [7, 11) is -9.02. The molecule has 58 heavy (non-hydrogen) atoms. The minimum atomic E-state index is -3.04. The van der Waals surface area contributed by atoms with Crippen molar-refractivity contribution in [3.05, 3.63) is 12.2 Å². The molecule has 0 aliphatic carbocycles. The molecule has 0 saturated carbocycles. The molecule has 9 heteroatoms. The molecular weight excluding hydrogens is 781 g/mol. The van der Waals surface area contributed by atoms with Crippen LogP contribution in [0.4, 0.5) is 0 Å². The predicted octanol–water partition coefficient (Wildman–Crippen LogP) is 14.7. The van der Waals surface area contributed by atoms with E-state index in [1.807, 2.05) is 0 Å². The van der Waals surface area contributed by atoms with Gasteiger partial charge in [0.15, 0.2) is 29.5 Å².